The highest BCUT2D eigenvalue weighted by Gasteiger charge is 2.23. The first-order valence-electron chi connectivity index (χ1n) is 9.46. The van der Waals surface area contributed by atoms with E-state index in [1.807, 2.05) is 0 Å². The minimum atomic E-state index is -3.76. The molecule has 0 atom stereocenters. The molecule has 2 heterocycles. The summed E-state index contributed by atoms with van der Waals surface area (Å²) in [7, 11) is 1.83. The fourth-order valence-electron chi connectivity index (χ4n) is 2.71. The second kappa shape index (κ2) is 10.1. The lowest BCUT2D eigenvalue weighted by Crippen LogP contribution is -2.21. The highest BCUT2D eigenvalue weighted by Crippen LogP contribution is 2.34. The van der Waals surface area contributed by atoms with E-state index in [1.165, 1.54) is 63.9 Å². The Hall–Kier alpha value is -3.35. The van der Waals surface area contributed by atoms with Gasteiger partial charge in [-0.1, -0.05) is 6.07 Å². The zero-order valence-corrected chi connectivity index (χ0v) is 19.9. The number of carbonyl (C=O) groups excluding carboxylic acids is 2. The van der Waals surface area contributed by atoms with E-state index in [2.05, 4.69) is 5.32 Å². The van der Waals surface area contributed by atoms with Crippen molar-refractivity contribution in [1.29, 1.82) is 0 Å². The number of furan rings is 1. The van der Waals surface area contributed by atoms with E-state index in [9.17, 15) is 18.0 Å². The molecule has 2 aromatic heterocycles. The second-order valence-corrected chi connectivity index (χ2v) is 9.80. The fraction of sp³-hybridized carbons (Fsp3) is 0.238. The first-order valence-corrected chi connectivity index (χ1v) is 11.8. The number of nitrogens with zero attached hydrogens (tertiary/aromatic N) is 1. The molecule has 1 N–H and O–H groups in total. The van der Waals surface area contributed by atoms with Gasteiger partial charge in [-0.2, -0.15) is 0 Å². The molecule has 3 aromatic rings. The standard InChI is InChI=1S/C21H22N2O8S2/c1-23(2)33(26,27)19-8-7-13(31-19)12-30-21(25)14-10-16(28-3)17(29-4)11-15(14)22-20(24)18-6-5-9-32-18/h5-11H,12H2,1-4H3,(H,22,24). The van der Waals surface area contributed by atoms with Gasteiger partial charge in [0.05, 0.1) is 30.3 Å². The number of methoxy groups -OCH3 is 2. The number of anilines is 1. The van der Waals surface area contributed by atoms with E-state index < -0.39 is 21.9 Å². The molecule has 33 heavy (non-hydrogen) atoms. The molecule has 176 valence electrons. The molecule has 0 saturated heterocycles. The highest BCUT2D eigenvalue weighted by molar-refractivity contribution is 7.88. The Labute approximate surface area is 194 Å². The van der Waals surface area contributed by atoms with Crippen LogP contribution in [0, 0.1) is 0 Å². The molecular formula is C21H22N2O8S2. The van der Waals surface area contributed by atoms with Crippen LogP contribution in [0.4, 0.5) is 5.69 Å². The van der Waals surface area contributed by atoms with Crippen LogP contribution in [0.2, 0.25) is 0 Å². The molecule has 0 spiro atoms. The van der Waals surface area contributed by atoms with Crippen LogP contribution in [-0.2, 0) is 21.4 Å². The number of amides is 1. The quantitative estimate of drug-likeness (QED) is 0.450. The lowest BCUT2D eigenvalue weighted by Gasteiger charge is -2.15. The molecule has 0 aliphatic heterocycles. The number of benzene rings is 1. The van der Waals surface area contributed by atoms with Crippen LogP contribution < -0.4 is 14.8 Å². The smallest absolute Gasteiger partial charge is 0.340 e. The van der Waals surface area contributed by atoms with Crippen LogP contribution in [-0.4, -0.2) is 52.9 Å². The molecule has 0 saturated carbocycles. The predicted molar refractivity (Wildman–Crippen MR) is 121 cm³/mol. The van der Waals surface area contributed by atoms with Gasteiger partial charge in [-0.15, -0.1) is 11.3 Å². The van der Waals surface area contributed by atoms with Crippen LogP contribution >= 0.6 is 11.3 Å². The van der Waals surface area contributed by atoms with Gasteiger partial charge in [-0.3, -0.25) is 4.79 Å². The fourth-order valence-corrected chi connectivity index (χ4v) is 4.14. The zero-order chi connectivity index (χ0) is 24.2. The van der Waals surface area contributed by atoms with E-state index in [4.69, 9.17) is 18.6 Å². The maximum Gasteiger partial charge on any atom is 0.340 e. The van der Waals surface area contributed by atoms with Gasteiger partial charge in [0.15, 0.2) is 11.5 Å². The summed E-state index contributed by atoms with van der Waals surface area (Å²) in [6.45, 7) is -0.325. The van der Waals surface area contributed by atoms with Crippen molar-refractivity contribution in [2.45, 2.75) is 11.7 Å². The van der Waals surface area contributed by atoms with Crippen molar-refractivity contribution in [2.24, 2.45) is 0 Å². The first kappa shape index (κ1) is 24.3. The van der Waals surface area contributed by atoms with E-state index >= 15 is 0 Å². The average molecular weight is 495 g/mol. The summed E-state index contributed by atoms with van der Waals surface area (Å²) in [6, 6.07) is 8.90. The highest BCUT2D eigenvalue weighted by atomic mass is 32.2. The third-order valence-electron chi connectivity index (χ3n) is 4.45. The summed E-state index contributed by atoms with van der Waals surface area (Å²) in [5.74, 6) is -0.494. The molecule has 0 aliphatic rings. The van der Waals surface area contributed by atoms with Gasteiger partial charge in [-0.25, -0.2) is 17.5 Å². The molecule has 0 radical (unpaired) electrons. The minimum absolute atomic E-state index is 0.0187. The monoisotopic (exact) mass is 494 g/mol. The molecule has 0 unspecified atom stereocenters. The van der Waals surface area contributed by atoms with E-state index in [-0.39, 0.29) is 34.5 Å². The molecule has 3 rings (SSSR count). The summed E-state index contributed by atoms with van der Waals surface area (Å²) in [5, 5.41) is 4.17. The maximum absolute atomic E-state index is 12.9. The summed E-state index contributed by atoms with van der Waals surface area (Å²) >= 11 is 1.25. The van der Waals surface area contributed by atoms with Crippen molar-refractivity contribution in [3.8, 4) is 11.5 Å². The van der Waals surface area contributed by atoms with E-state index in [0.717, 1.165) is 4.31 Å². The summed E-state index contributed by atoms with van der Waals surface area (Å²) in [4.78, 5) is 25.8. The number of sulfonamides is 1. The van der Waals surface area contributed by atoms with Crippen molar-refractivity contribution in [3.63, 3.8) is 0 Å². The molecule has 1 aromatic carbocycles. The molecule has 0 fully saturated rings. The Morgan fingerprint density at radius 2 is 1.79 bits per heavy atom. The molecule has 12 heteroatoms. The average Bonchev–Trinajstić information content (AvgIpc) is 3.49. The van der Waals surface area contributed by atoms with Crippen molar-refractivity contribution >= 4 is 38.9 Å². The van der Waals surface area contributed by atoms with Gasteiger partial charge >= 0.3 is 5.97 Å². The number of carbonyl (C=O) groups is 2. The molecule has 1 amide bonds. The Bertz CT molecular complexity index is 1250. The van der Waals surface area contributed by atoms with E-state index in [1.54, 1.807) is 17.5 Å². The first-order chi connectivity index (χ1) is 15.7. The molecular weight excluding hydrogens is 472 g/mol. The molecule has 10 nitrogen and oxygen atoms in total. The number of rotatable bonds is 9. The Kier molecular flexibility index (Phi) is 7.41. The normalized spacial score (nSPS) is 11.3. The minimum Gasteiger partial charge on any atom is -0.493 e. The summed E-state index contributed by atoms with van der Waals surface area (Å²) < 4.78 is 46.4. The largest absolute Gasteiger partial charge is 0.493 e. The van der Waals surface area contributed by atoms with Gasteiger partial charge in [0, 0.05) is 26.2 Å². The van der Waals surface area contributed by atoms with Crippen molar-refractivity contribution in [2.75, 3.05) is 33.6 Å². The predicted octanol–water partition coefficient (Wildman–Crippen LogP) is 3.22. The van der Waals surface area contributed by atoms with Crippen molar-refractivity contribution in [3.05, 3.63) is 58.0 Å². The Morgan fingerprint density at radius 1 is 1.09 bits per heavy atom. The van der Waals surface area contributed by atoms with Gasteiger partial charge in [0.1, 0.15) is 12.4 Å². The third-order valence-corrected chi connectivity index (χ3v) is 7.01. The van der Waals surface area contributed by atoms with Crippen LogP contribution in [0.15, 0.2) is 51.3 Å². The molecule has 0 bridgehead atoms. The SMILES string of the molecule is COc1cc(NC(=O)c2cccs2)c(C(=O)OCc2ccc(S(=O)(=O)N(C)C)o2)cc1OC. The van der Waals surface area contributed by atoms with Gasteiger partial charge in [0.25, 0.3) is 15.9 Å². The number of hydrogen-bond acceptors (Lipinski definition) is 9. The number of thiophene rings is 1. The van der Waals surface area contributed by atoms with Crippen molar-refractivity contribution < 1.29 is 36.6 Å². The van der Waals surface area contributed by atoms with Crippen LogP contribution in [0.5, 0.6) is 11.5 Å². The number of nitrogens with one attached hydrogen (secondary N) is 1. The lowest BCUT2D eigenvalue weighted by molar-refractivity contribution is 0.0441. The number of esters is 1. The zero-order valence-electron chi connectivity index (χ0n) is 18.3. The van der Waals surface area contributed by atoms with Gasteiger partial charge < -0.3 is 23.9 Å². The topological polar surface area (TPSA) is 124 Å². The lowest BCUT2D eigenvalue weighted by atomic mass is 10.1. The summed E-state index contributed by atoms with van der Waals surface area (Å²) in [5.41, 5.74) is 0.177. The maximum atomic E-state index is 12.9. The third kappa shape index (κ3) is 5.35. The number of ether oxygens (including phenoxy) is 3. The van der Waals surface area contributed by atoms with Crippen molar-refractivity contribution in [1.82, 2.24) is 4.31 Å². The molecule has 0 aliphatic carbocycles. The Morgan fingerprint density at radius 3 is 2.39 bits per heavy atom. The van der Waals surface area contributed by atoms with E-state index in [0.29, 0.717) is 10.6 Å². The summed E-state index contributed by atoms with van der Waals surface area (Å²) in [6.07, 6.45) is 0. The van der Waals surface area contributed by atoms with Gasteiger partial charge in [0.2, 0.25) is 5.09 Å². The van der Waals surface area contributed by atoms with Crippen LogP contribution in [0.25, 0.3) is 0 Å². The van der Waals surface area contributed by atoms with Gasteiger partial charge in [-0.05, 0) is 23.6 Å². The number of hydrogen-bond donors (Lipinski definition) is 1. The van der Waals surface area contributed by atoms with Crippen LogP contribution in [0.3, 0.4) is 0 Å². The Balaban J connectivity index is 1.84. The van der Waals surface area contributed by atoms with Crippen LogP contribution in [0.1, 0.15) is 25.8 Å². The second-order valence-electron chi connectivity index (χ2n) is 6.77.